The molecular formula is C46H57ClN8O5. The lowest BCUT2D eigenvalue weighted by atomic mass is 9.49. The minimum atomic E-state index is -0.559. The number of anilines is 1. The van der Waals surface area contributed by atoms with Gasteiger partial charge in [0.05, 0.1) is 23.0 Å². The lowest BCUT2D eigenvalue weighted by molar-refractivity contribution is -0.164. The Morgan fingerprint density at radius 3 is 2.27 bits per heavy atom. The van der Waals surface area contributed by atoms with Crippen molar-refractivity contribution < 1.29 is 23.9 Å². The first kappa shape index (κ1) is 42.9. The lowest BCUT2D eigenvalue weighted by Gasteiger charge is -2.63. The summed E-state index contributed by atoms with van der Waals surface area (Å²) in [6.07, 6.45) is 8.38. The van der Waals surface area contributed by atoms with E-state index >= 15 is 0 Å². The molecule has 2 aliphatic heterocycles. The van der Waals surface area contributed by atoms with Crippen LogP contribution in [0.15, 0.2) is 67.1 Å². The first-order valence-electron chi connectivity index (χ1n) is 21.1. The average Bonchev–Trinajstić information content (AvgIpc) is 3.20. The number of nitrogens with zero attached hydrogens (tertiary/aromatic N) is 5. The van der Waals surface area contributed by atoms with E-state index in [1.54, 1.807) is 42.7 Å². The molecule has 4 aliphatic rings. The number of amides is 3. The van der Waals surface area contributed by atoms with Gasteiger partial charge in [-0.3, -0.25) is 19.3 Å². The molecule has 0 spiro atoms. The van der Waals surface area contributed by atoms with E-state index in [9.17, 15) is 19.6 Å². The maximum atomic E-state index is 13.4. The monoisotopic (exact) mass is 836 g/mol. The molecule has 0 radical (unpaired) electrons. The molecule has 7 rings (SSSR count). The van der Waals surface area contributed by atoms with Crippen LogP contribution in [0.5, 0.6) is 11.5 Å². The van der Waals surface area contributed by atoms with Gasteiger partial charge >= 0.3 is 0 Å². The molecule has 2 aromatic carbocycles. The summed E-state index contributed by atoms with van der Waals surface area (Å²) in [5, 5.41) is 18.3. The molecule has 2 saturated heterocycles. The summed E-state index contributed by atoms with van der Waals surface area (Å²) in [6.45, 7) is 19.4. The number of piperidine rings is 2. The lowest BCUT2D eigenvalue weighted by Crippen LogP contribution is -2.74. The van der Waals surface area contributed by atoms with Gasteiger partial charge in [0.2, 0.25) is 5.91 Å². The number of nitriles is 1. The van der Waals surface area contributed by atoms with E-state index in [-0.39, 0.29) is 52.5 Å². The highest BCUT2D eigenvalue weighted by atomic mass is 35.5. The number of halogens is 1. The minimum absolute atomic E-state index is 0.123. The van der Waals surface area contributed by atoms with Crippen LogP contribution in [0.1, 0.15) is 106 Å². The Kier molecular flexibility index (Phi) is 12.5. The van der Waals surface area contributed by atoms with Crippen molar-refractivity contribution in [3.8, 4) is 17.6 Å². The average molecular weight is 837 g/mol. The Balaban J connectivity index is 0.842. The fraction of sp³-hybridized carbons (Fsp3) is 0.522. The van der Waals surface area contributed by atoms with Crippen molar-refractivity contribution in [2.24, 2.45) is 16.7 Å². The third-order valence-corrected chi connectivity index (χ3v) is 13.3. The summed E-state index contributed by atoms with van der Waals surface area (Å²) in [5.41, 5.74) is 1.06. The number of aromatic nitrogens is 2. The third kappa shape index (κ3) is 9.10. The number of benzene rings is 2. The van der Waals surface area contributed by atoms with E-state index in [4.69, 9.17) is 21.1 Å². The third-order valence-electron chi connectivity index (χ3n) is 13.0. The van der Waals surface area contributed by atoms with E-state index in [0.29, 0.717) is 58.4 Å². The molecule has 2 aliphatic carbocycles. The topological polar surface area (TPSA) is 162 Å². The van der Waals surface area contributed by atoms with Gasteiger partial charge in [0.15, 0.2) is 0 Å². The number of hydrogen-bond acceptors (Lipinski definition) is 10. The second kappa shape index (κ2) is 17.4. The zero-order valence-corrected chi connectivity index (χ0v) is 36.2. The van der Waals surface area contributed by atoms with Gasteiger partial charge < -0.3 is 30.3 Å². The molecule has 2 saturated carbocycles. The quantitative estimate of drug-likeness (QED) is 0.170. The van der Waals surface area contributed by atoms with Gasteiger partial charge in [0, 0.05) is 78.8 Å². The Morgan fingerprint density at radius 1 is 0.983 bits per heavy atom. The van der Waals surface area contributed by atoms with Gasteiger partial charge in [-0.1, -0.05) is 45.9 Å². The zero-order chi connectivity index (χ0) is 42.9. The van der Waals surface area contributed by atoms with Gasteiger partial charge in [-0.25, -0.2) is 9.97 Å². The molecule has 0 bridgehead atoms. The highest BCUT2D eigenvalue weighted by Gasteiger charge is 2.64. The van der Waals surface area contributed by atoms with Gasteiger partial charge in [-0.2, -0.15) is 5.26 Å². The van der Waals surface area contributed by atoms with Crippen LogP contribution in [0.4, 0.5) is 5.82 Å². The van der Waals surface area contributed by atoms with Crippen molar-refractivity contribution in [3.63, 3.8) is 0 Å². The van der Waals surface area contributed by atoms with Crippen molar-refractivity contribution >= 4 is 35.1 Å². The largest absolute Gasteiger partial charge is 0.490 e. The van der Waals surface area contributed by atoms with Gasteiger partial charge in [-0.05, 0) is 81.8 Å². The van der Waals surface area contributed by atoms with Crippen LogP contribution < -0.4 is 30.3 Å². The maximum Gasteiger partial charge on any atom is 0.271 e. The summed E-state index contributed by atoms with van der Waals surface area (Å²) < 4.78 is 12.7. The number of nitrogens with one attached hydrogen (secondary N) is 3. The summed E-state index contributed by atoms with van der Waals surface area (Å²) in [4.78, 5) is 52.5. The smallest absolute Gasteiger partial charge is 0.271 e. The van der Waals surface area contributed by atoms with E-state index in [1.165, 1.54) is 0 Å². The van der Waals surface area contributed by atoms with Crippen LogP contribution in [0, 0.1) is 28.1 Å². The molecule has 3 heterocycles. The molecule has 1 atom stereocenters. The molecule has 14 heteroatoms. The van der Waals surface area contributed by atoms with Crippen molar-refractivity contribution in [3.05, 3.63) is 89.0 Å². The van der Waals surface area contributed by atoms with Crippen molar-refractivity contribution in [1.82, 2.24) is 30.8 Å². The molecule has 3 amide bonds. The molecular weight excluding hydrogens is 780 g/mol. The predicted molar refractivity (Wildman–Crippen MR) is 230 cm³/mol. The molecule has 13 nitrogen and oxygen atoms in total. The summed E-state index contributed by atoms with van der Waals surface area (Å²) >= 11 is 6.25. The maximum absolute atomic E-state index is 13.4. The van der Waals surface area contributed by atoms with Gasteiger partial charge in [0.25, 0.3) is 11.8 Å². The van der Waals surface area contributed by atoms with Gasteiger partial charge in [-0.15, -0.1) is 0 Å². The Morgan fingerprint density at radius 2 is 1.67 bits per heavy atom. The second-order valence-electron chi connectivity index (χ2n) is 18.3. The molecule has 3 N–H and O–H groups in total. The predicted octanol–water partition coefficient (Wildman–Crippen LogP) is 6.67. The standard InChI is InChI=1S/C46H57ClN8O5/c1-27(2)55(32-20-35(21-32)59-33-12-9-30(10-13-33)40(56)52-37-15-8-28(3)51-41(37)57)26-29-16-18-54(19-17-29)39-25-49-38(24-50-39)42(58)53-43-45(4,5)44(46(43,6)7)60-34-14-11-31(23-48)36(47)22-34/h9-14,22,24-25,27,29,32,35,37,43-44H,3,8,15-21,26H2,1-2,4-7H3,(H,51,57)(H,52,56)(H,53,58). The molecule has 1 unspecified atom stereocenters. The number of carbonyl (C=O) groups is 3. The molecule has 4 fully saturated rings. The molecule has 3 aromatic rings. The SMILES string of the molecule is C=C1CCC(NC(=O)c2ccc(OC3CC(N(CC4CCN(c5cnc(C(=O)NC6C(C)(C)C(Oc7ccc(C#N)c(Cl)c7)C6(C)C)cn5)CC4)C(C)C)C3)cc2)C(=O)N1. The first-order valence-corrected chi connectivity index (χ1v) is 21.5. The summed E-state index contributed by atoms with van der Waals surface area (Å²) in [6, 6.07) is 14.4. The fourth-order valence-electron chi connectivity index (χ4n) is 9.76. The van der Waals surface area contributed by atoms with Crippen molar-refractivity contribution in [2.45, 2.75) is 116 Å². The van der Waals surface area contributed by atoms with Crippen LogP contribution in [0.2, 0.25) is 5.02 Å². The Labute approximate surface area is 358 Å². The minimum Gasteiger partial charge on any atom is -0.490 e. The van der Waals surface area contributed by atoms with Crippen LogP contribution in [0.3, 0.4) is 0 Å². The fourth-order valence-corrected chi connectivity index (χ4v) is 9.97. The highest BCUT2D eigenvalue weighted by molar-refractivity contribution is 6.31. The van der Waals surface area contributed by atoms with Crippen molar-refractivity contribution in [1.29, 1.82) is 5.26 Å². The highest BCUT2D eigenvalue weighted by Crippen LogP contribution is 2.55. The van der Waals surface area contributed by atoms with E-state index in [0.717, 1.165) is 56.9 Å². The van der Waals surface area contributed by atoms with Crippen LogP contribution >= 0.6 is 11.6 Å². The number of carbonyl (C=O) groups excluding carboxylic acids is 3. The summed E-state index contributed by atoms with van der Waals surface area (Å²) in [5.74, 6) is 1.89. The number of allylic oxidation sites excluding steroid dienone is 1. The number of ether oxygens (including phenoxy) is 2. The number of rotatable bonds is 13. The van der Waals surface area contributed by atoms with Crippen LogP contribution in [0.25, 0.3) is 0 Å². The molecule has 318 valence electrons. The Bertz CT molecular complexity index is 2100. The van der Waals surface area contributed by atoms with E-state index < -0.39 is 6.04 Å². The van der Waals surface area contributed by atoms with Crippen molar-refractivity contribution in [2.75, 3.05) is 24.5 Å². The van der Waals surface area contributed by atoms with E-state index in [2.05, 4.69) is 89.9 Å². The summed E-state index contributed by atoms with van der Waals surface area (Å²) in [7, 11) is 0. The normalized spacial score (nSPS) is 24.7. The molecule has 60 heavy (non-hydrogen) atoms. The number of hydrogen-bond donors (Lipinski definition) is 3. The van der Waals surface area contributed by atoms with Crippen LogP contribution in [-0.2, 0) is 4.79 Å². The van der Waals surface area contributed by atoms with Gasteiger partial charge in [0.1, 0.15) is 47.3 Å². The molecule has 1 aromatic heterocycles. The van der Waals surface area contributed by atoms with E-state index in [1.807, 2.05) is 12.1 Å². The van der Waals surface area contributed by atoms with Crippen LogP contribution in [-0.4, -0.2) is 88.6 Å². The Hall–Kier alpha value is -5.19. The zero-order valence-electron chi connectivity index (χ0n) is 35.5. The first-order chi connectivity index (χ1) is 28.5. The second-order valence-corrected chi connectivity index (χ2v) is 18.7.